The molecule has 0 spiro atoms. The highest BCUT2D eigenvalue weighted by molar-refractivity contribution is 6.03. The van der Waals surface area contributed by atoms with Crippen molar-refractivity contribution in [2.75, 3.05) is 19.5 Å². The number of fused-ring (bicyclic) bond motifs is 1. The standard InChI is InChI=1S/C20H22N2O.ClH/c1-20(2)17-7-5-6-8-18(17)22(3)19(20)13-14-21-15-9-11-16(23-4)12-10-15;/h5-14H,1-4H3;1H. The van der Waals surface area contributed by atoms with Crippen molar-refractivity contribution in [2.24, 2.45) is 0 Å². The van der Waals surface area contributed by atoms with Gasteiger partial charge in [0.15, 0.2) is 5.71 Å². The quantitative estimate of drug-likeness (QED) is 0.848. The van der Waals surface area contributed by atoms with Crippen molar-refractivity contribution in [3.05, 3.63) is 66.4 Å². The number of halogens is 1. The molecule has 2 aromatic rings. The lowest BCUT2D eigenvalue weighted by Gasteiger charge is -2.15. The first-order chi connectivity index (χ1) is 11.0. The van der Waals surface area contributed by atoms with E-state index >= 15 is 0 Å². The Balaban J connectivity index is 0.00000208. The number of hydrogen-bond donors (Lipinski definition) is 1. The van der Waals surface area contributed by atoms with Crippen LogP contribution in [0, 0.1) is 0 Å². The fourth-order valence-corrected chi connectivity index (χ4v) is 3.21. The summed E-state index contributed by atoms with van der Waals surface area (Å²) in [5, 5.41) is 3.32. The normalized spacial score (nSPS) is 15.2. The highest BCUT2D eigenvalue weighted by Gasteiger charge is 2.42. The maximum Gasteiger partial charge on any atom is 0.209 e. The van der Waals surface area contributed by atoms with Gasteiger partial charge in [-0.2, -0.15) is 4.58 Å². The largest absolute Gasteiger partial charge is 1.00 e. The minimum atomic E-state index is 0. The van der Waals surface area contributed by atoms with Crippen molar-refractivity contribution in [3.8, 4) is 5.75 Å². The summed E-state index contributed by atoms with van der Waals surface area (Å²) in [6, 6.07) is 16.5. The molecule has 0 unspecified atom stereocenters. The minimum Gasteiger partial charge on any atom is -1.00 e. The number of ether oxygens (including phenoxy) is 1. The SMILES string of the molecule is COc1ccc(NC=CC2=[N+](C)c3ccccc3C2(C)C)cc1.[Cl-]. The Morgan fingerprint density at radius 3 is 2.33 bits per heavy atom. The smallest absolute Gasteiger partial charge is 0.209 e. The molecule has 0 saturated heterocycles. The average Bonchev–Trinajstić information content (AvgIpc) is 2.76. The van der Waals surface area contributed by atoms with Gasteiger partial charge in [-0.25, -0.2) is 0 Å². The molecule has 0 amide bonds. The fourth-order valence-electron chi connectivity index (χ4n) is 3.21. The maximum atomic E-state index is 5.18. The summed E-state index contributed by atoms with van der Waals surface area (Å²) < 4.78 is 7.44. The molecule has 1 aliphatic rings. The Bertz CT molecular complexity index is 776. The zero-order valence-corrected chi connectivity index (χ0v) is 15.3. The number of benzene rings is 2. The van der Waals surface area contributed by atoms with Gasteiger partial charge in [-0.15, -0.1) is 0 Å². The number of nitrogens with one attached hydrogen (secondary N) is 1. The minimum absolute atomic E-state index is 0. The zero-order valence-electron chi connectivity index (χ0n) is 14.5. The van der Waals surface area contributed by atoms with Gasteiger partial charge in [-0.3, -0.25) is 0 Å². The third-order valence-corrected chi connectivity index (χ3v) is 4.52. The van der Waals surface area contributed by atoms with Crippen LogP contribution in [-0.2, 0) is 5.41 Å². The van der Waals surface area contributed by atoms with Gasteiger partial charge in [-0.1, -0.05) is 18.2 Å². The molecule has 3 nitrogen and oxygen atoms in total. The molecule has 0 bridgehead atoms. The van der Waals surface area contributed by atoms with Gasteiger partial charge in [0, 0.05) is 29.6 Å². The van der Waals surface area contributed by atoms with Crippen molar-refractivity contribution in [3.63, 3.8) is 0 Å². The third-order valence-electron chi connectivity index (χ3n) is 4.52. The lowest BCUT2D eigenvalue weighted by molar-refractivity contribution is -0.401. The third kappa shape index (κ3) is 3.17. The highest BCUT2D eigenvalue weighted by atomic mass is 35.5. The monoisotopic (exact) mass is 342 g/mol. The molecule has 24 heavy (non-hydrogen) atoms. The summed E-state index contributed by atoms with van der Waals surface area (Å²) in [6.07, 6.45) is 4.16. The average molecular weight is 343 g/mol. The van der Waals surface area contributed by atoms with Gasteiger partial charge in [0.2, 0.25) is 5.69 Å². The molecule has 0 radical (unpaired) electrons. The molecule has 4 heteroatoms. The number of rotatable bonds is 4. The Labute approximate surface area is 150 Å². The van der Waals surface area contributed by atoms with E-state index in [1.165, 1.54) is 17.0 Å². The van der Waals surface area contributed by atoms with Crippen molar-refractivity contribution in [2.45, 2.75) is 19.3 Å². The summed E-state index contributed by atoms with van der Waals surface area (Å²) in [6.45, 7) is 4.53. The van der Waals surface area contributed by atoms with Crippen LogP contribution in [0.3, 0.4) is 0 Å². The first-order valence-electron chi connectivity index (χ1n) is 7.82. The molecule has 126 valence electrons. The molecule has 1 aliphatic heterocycles. The second-order valence-corrected chi connectivity index (χ2v) is 6.29. The lowest BCUT2D eigenvalue weighted by Crippen LogP contribution is -3.00. The zero-order chi connectivity index (χ0) is 16.4. The van der Waals surface area contributed by atoms with E-state index in [0.29, 0.717) is 0 Å². The van der Waals surface area contributed by atoms with E-state index < -0.39 is 0 Å². The van der Waals surface area contributed by atoms with Crippen LogP contribution in [-0.4, -0.2) is 24.4 Å². The maximum absolute atomic E-state index is 5.18. The molecular weight excluding hydrogens is 320 g/mol. The molecule has 0 aromatic heterocycles. The molecular formula is C20H23ClN2O. The first kappa shape index (κ1) is 18.1. The van der Waals surface area contributed by atoms with E-state index in [9.17, 15) is 0 Å². The number of allylic oxidation sites excluding steroid dienone is 1. The van der Waals surface area contributed by atoms with Crippen LogP contribution in [0.4, 0.5) is 11.4 Å². The van der Waals surface area contributed by atoms with Crippen LogP contribution in [0.25, 0.3) is 0 Å². The number of methoxy groups -OCH3 is 1. The summed E-state index contributed by atoms with van der Waals surface area (Å²) in [4.78, 5) is 0. The molecule has 1 heterocycles. The summed E-state index contributed by atoms with van der Waals surface area (Å²) in [5.41, 5.74) is 4.97. The molecule has 0 fully saturated rings. The predicted molar refractivity (Wildman–Crippen MR) is 96.1 cm³/mol. The van der Waals surface area contributed by atoms with Crippen molar-refractivity contribution < 1.29 is 21.7 Å². The Kier molecular flexibility index (Phi) is 5.35. The predicted octanol–water partition coefficient (Wildman–Crippen LogP) is 1.33. The van der Waals surface area contributed by atoms with Gasteiger partial charge in [0.25, 0.3) is 0 Å². The van der Waals surface area contributed by atoms with Gasteiger partial charge < -0.3 is 22.5 Å². The molecule has 0 aliphatic carbocycles. The number of nitrogens with zero attached hydrogens (tertiary/aromatic N) is 1. The van der Waals surface area contributed by atoms with E-state index in [0.717, 1.165) is 11.4 Å². The van der Waals surface area contributed by atoms with Crippen LogP contribution in [0.2, 0.25) is 0 Å². The van der Waals surface area contributed by atoms with Crippen molar-refractivity contribution in [1.82, 2.24) is 0 Å². The number of anilines is 1. The second-order valence-electron chi connectivity index (χ2n) is 6.29. The summed E-state index contributed by atoms with van der Waals surface area (Å²) in [7, 11) is 3.80. The van der Waals surface area contributed by atoms with Gasteiger partial charge in [0.1, 0.15) is 12.8 Å². The van der Waals surface area contributed by atoms with E-state index in [-0.39, 0.29) is 17.8 Å². The fraction of sp³-hybridized carbons (Fsp3) is 0.250. The van der Waals surface area contributed by atoms with E-state index in [2.05, 4.69) is 61.1 Å². The highest BCUT2D eigenvalue weighted by Crippen LogP contribution is 2.38. The van der Waals surface area contributed by atoms with Crippen LogP contribution in [0.1, 0.15) is 19.4 Å². The lowest BCUT2D eigenvalue weighted by atomic mass is 9.81. The second kappa shape index (κ2) is 7.10. The summed E-state index contributed by atoms with van der Waals surface area (Å²) >= 11 is 0. The topological polar surface area (TPSA) is 24.3 Å². The Morgan fingerprint density at radius 2 is 1.71 bits per heavy atom. The molecule has 3 rings (SSSR count). The number of hydrogen-bond acceptors (Lipinski definition) is 2. The van der Waals surface area contributed by atoms with Crippen LogP contribution < -0.4 is 22.5 Å². The molecule has 0 saturated carbocycles. The van der Waals surface area contributed by atoms with Crippen LogP contribution >= 0.6 is 0 Å². The van der Waals surface area contributed by atoms with Gasteiger partial charge in [-0.05, 0) is 38.1 Å². The van der Waals surface area contributed by atoms with Gasteiger partial charge in [0.05, 0.1) is 12.5 Å². The van der Waals surface area contributed by atoms with E-state index in [4.69, 9.17) is 4.74 Å². The van der Waals surface area contributed by atoms with Gasteiger partial charge >= 0.3 is 0 Å². The first-order valence-corrected chi connectivity index (χ1v) is 7.82. The van der Waals surface area contributed by atoms with E-state index in [1.54, 1.807) is 7.11 Å². The Hall–Kier alpha value is -2.26. The molecule has 1 N–H and O–H groups in total. The van der Waals surface area contributed by atoms with E-state index in [1.807, 2.05) is 30.5 Å². The summed E-state index contributed by atoms with van der Waals surface area (Å²) in [5.74, 6) is 0.862. The van der Waals surface area contributed by atoms with Crippen LogP contribution in [0.5, 0.6) is 5.75 Å². The Morgan fingerprint density at radius 1 is 1.04 bits per heavy atom. The van der Waals surface area contributed by atoms with Crippen molar-refractivity contribution in [1.29, 1.82) is 0 Å². The van der Waals surface area contributed by atoms with Crippen LogP contribution in [0.15, 0.2) is 60.8 Å². The molecule has 2 aromatic carbocycles. The molecule has 0 atom stereocenters. The number of para-hydroxylation sites is 1. The van der Waals surface area contributed by atoms with Crippen molar-refractivity contribution >= 4 is 17.1 Å².